The molecular weight excluding hydrogens is 241 g/mol. The average molecular weight is 255 g/mol. The Morgan fingerprint density at radius 3 is 2.50 bits per heavy atom. The number of alkyl halides is 1. The van der Waals surface area contributed by atoms with Crippen LogP contribution >= 0.6 is 22.6 Å². The van der Waals surface area contributed by atoms with Crippen molar-refractivity contribution in [3.05, 3.63) is 0 Å². The van der Waals surface area contributed by atoms with Gasteiger partial charge in [-0.05, 0) is 12.8 Å². The Morgan fingerprint density at radius 2 is 2.10 bits per heavy atom. The molecule has 3 nitrogen and oxygen atoms in total. The molecule has 4 heteroatoms. The number of hydrazine groups is 1. The molecule has 60 valence electrons. The second-order valence-electron chi connectivity index (χ2n) is 2.68. The largest absolute Gasteiger partial charge is 0.294 e. The fraction of sp³-hybridized carbons (Fsp3) is 1.00. The molecule has 0 unspecified atom stereocenters. The van der Waals surface area contributed by atoms with Gasteiger partial charge < -0.3 is 0 Å². The first-order valence-corrected chi connectivity index (χ1v) is 5.14. The van der Waals surface area contributed by atoms with Gasteiger partial charge in [-0.1, -0.05) is 22.6 Å². The van der Waals surface area contributed by atoms with Crippen LogP contribution in [0, 0.1) is 0 Å². The fourth-order valence-electron chi connectivity index (χ4n) is 1.22. The maximum absolute atomic E-state index is 5.32. The van der Waals surface area contributed by atoms with Crippen LogP contribution in [-0.2, 0) is 0 Å². The minimum absolute atomic E-state index is 0.555. The maximum atomic E-state index is 5.32. The Labute approximate surface area is 75.4 Å². The molecule has 1 rings (SSSR count). The molecule has 3 N–H and O–H groups in total. The fourth-order valence-corrected chi connectivity index (χ4v) is 1.90. The number of nitrogens with zero attached hydrogens (tertiary/aromatic N) is 1. The highest BCUT2D eigenvalue weighted by molar-refractivity contribution is 14.1. The van der Waals surface area contributed by atoms with E-state index in [0.29, 0.717) is 6.04 Å². The minimum Gasteiger partial charge on any atom is -0.294 e. The Balaban J connectivity index is 2.17. The van der Waals surface area contributed by atoms with Crippen LogP contribution < -0.4 is 11.3 Å². The first kappa shape index (κ1) is 8.70. The zero-order valence-electron chi connectivity index (χ0n) is 6.02. The van der Waals surface area contributed by atoms with Gasteiger partial charge in [0.25, 0.3) is 0 Å². The molecule has 0 atom stereocenters. The van der Waals surface area contributed by atoms with Crippen LogP contribution in [0.15, 0.2) is 0 Å². The molecule has 1 saturated heterocycles. The van der Waals surface area contributed by atoms with E-state index in [-0.39, 0.29) is 0 Å². The molecule has 10 heavy (non-hydrogen) atoms. The van der Waals surface area contributed by atoms with E-state index in [1.165, 1.54) is 25.9 Å². The second kappa shape index (κ2) is 4.48. The standard InChI is InChI=1S/C6H14IN3/c7-5-10-3-1-6(9-8)2-4-10/h6,9H,1-5,8H2. The molecule has 1 heterocycles. The number of nitrogens with two attached hydrogens (primary N) is 1. The molecule has 0 aromatic carbocycles. The van der Waals surface area contributed by atoms with Crippen molar-refractivity contribution in [1.29, 1.82) is 0 Å². The summed E-state index contributed by atoms with van der Waals surface area (Å²) in [5.41, 5.74) is 2.82. The Bertz CT molecular complexity index is 79.0. The van der Waals surface area contributed by atoms with Crippen LogP contribution in [0.25, 0.3) is 0 Å². The zero-order chi connectivity index (χ0) is 7.40. The second-order valence-corrected chi connectivity index (χ2v) is 3.36. The van der Waals surface area contributed by atoms with Crippen molar-refractivity contribution < 1.29 is 0 Å². The van der Waals surface area contributed by atoms with Gasteiger partial charge in [-0.15, -0.1) is 0 Å². The molecule has 0 spiro atoms. The normalized spacial score (nSPS) is 23.4. The highest BCUT2D eigenvalue weighted by Gasteiger charge is 2.16. The van der Waals surface area contributed by atoms with Crippen molar-refractivity contribution in [2.45, 2.75) is 18.9 Å². The van der Waals surface area contributed by atoms with Gasteiger partial charge in [0.05, 0.1) is 4.55 Å². The quantitative estimate of drug-likeness (QED) is 0.245. The summed E-state index contributed by atoms with van der Waals surface area (Å²) in [6, 6.07) is 0.555. The van der Waals surface area contributed by atoms with Gasteiger partial charge in [0.1, 0.15) is 0 Å². The number of piperidine rings is 1. The summed E-state index contributed by atoms with van der Waals surface area (Å²) in [5, 5.41) is 0. The van der Waals surface area contributed by atoms with E-state index in [1.807, 2.05) is 0 Å². The van der Waals surface area contributed by atoms with Crippen LogP contribution in [0.2, 0.25) is 0 Å². The third-order valence-electron chi connectivity index (χ3n) is 1.99. The summed E-state index contributed by atoms with van der Waals surface area (Å²) in [7, 11) is 0. The topological polar surface area (TPSA) is 41.3 Å². The van der Waals surface area contributed by atoms with E-state index >= 15 is 0 Å². The van der Waals surface area contributed by atoms with Gasteiger partial charge in [0.2, 0.25) is 0 Å². The monoisotopic (exact) mass is 255 g/mol. The summed E-state index contributed by atoms with van der Waals surface area (Å²) >= 11 is 2.40. The van der Waals surface area contributed by atoms with E-state index in [9.17, 15) is 0 Å². The SMILES string of the molecule is NNC1CCN(CI)CC1. The van der Waals surface area contributed by atoms with Crippen molar-refractivity contribution in [1.82, 2.24) is 10.3 Å². The summed E-state index contributed by atoms with van der Waals surface area (Å²) in [5.74, 6) is 5.32. The van der Waals surface area contributed by atoms with Gasteiger partial charge in [-0.3, -0.25) is 16.2 Å². The highest BCUT2D eigenvalue weighted by atomic mass is 127. The molecule has 1 fully saturated rings. The van der Waals surface area contributed by atoms with E-state index in [1.54, 1.807) is 0 Å². The van der Waals surface area contributed by atoms with Crippen LogP contribution in [0.1, 0.15) is 12.8 Å². The lowest BCUT2D eigenvalue weighted by molar-refractivity contribution is 0.232. The Kier molecular flexibility index (Phi) is 3.90. The third-order valence-corrected chi connectivity index (χ3v) is 2.96. The molecule has 0 amide bonds. The maximum Gasteiger partial charge on any atom is 0.0505 e. The number of halogens is 1. The summed E-state index contributed by atoms with van der Waals surface area (Å²) in [6.45, 7) is 2.38. The number of nitrogens with one attached hydrogen (secondary N) is 1. The predicted octanol–water partition coefficient (Wildman–Crippen LogP) is 0.307. The number of rotatable bonds is 2. The van der Waals surface area contributed by atoms with Crippen molar-refractivity contribution in [2.24, 2.45) is 5.84 Å². The summed E-state index contributed by atoms with van der Waals surface area (Å²) < 4.78 is 1.15. The lowest BCUT2D eigenvalue weighted by Gasteiger charge is -2.29. The van der Waals surface area contributed by atoms with Crippen LogP contribution in [0.3, 0.4) is 0 Å². The van der Waals surface area contributed by atoms with Gasteiger partial charge in [-0.2, -0.15) is 0 Å². The molecule has 0 radical (unpaired) electrons. The van der Waals surface area contributed by atoms with Crippen molar-refractivity contribution >= 4 is 22.6 Å². The molecule has 1 aliphatic rings. The van der Waals surface area contributed by atoms with Gasteiger partial charge >= 0.3 is 0 Å². The first-order chi connectivity index (χ1) is 4.86. The molecule has 0 aliphatic carbocycles. The van der Waals surface area contributed by atoms with Crippen LogP contribution in [0.5, 0.6) is 0 Å². The lowest BCUT2D eigenvalue weighted by atomic mass is 10.1. The number of hydrogen-bond donors (Lipinski definition) is 2. The Morgan fingerprint density at radius 1 is 1.50 bits per heavy atom. The molecule has 0 aromatic rings. The molecule has 0 bridgehead atoms. The minimum atomic E-state index is 0.555. The van der Waals surface area contributed by atoms with Crippen molar-refractivity contribution in [2.75, 3.05) is 17.6 Å². The molecule has 1 aliphatic heterocycles. The smallest absolute Gasteiger partial charge is 0.0505 e. The molecular formula is C6H14IN3. The van der Waals surface area contributed by atoms with Gasteiger partial charge in [0.15, 0.2) is 0 Å². The Hall–Kier alpha value is 0.610. The van der Waals surface area contributed by atoms with Gasteiger partial charge in [-0.25, -0.2) is 0 Å². The molecule has 0 aromatic heterocycles. The van der Waals surface area contributed by atoms with Gasteiger partial charge in [0, 0.05) is 19.1 Å². The van der Waals surface area contributed by atoms with Crippen LogP contribution in [-0.4, -0.2) is 28.6 Å². The number of hydrogen-bond acceptors (Lipinski definition) is 3. The van der Waals surface area contributed by atoms with E-state index in [4.69, 9.17) is 5.84 Å². The average Bonchev–Trinajstić information content (AvgIpc) is 2.05. The first-order valence-electron chi connectivity index (χ1n) is 3.61. The third kappa shape index (κ3) is 2.34. The van der Waals surface area contributed by atoms with Crippen molar-refractivity contribution in [3.63, 3.8) is 0 Å². The van der Waals surface area contributed by atoms with E-state index < -0.39 is 0 Å². The van der Waals surface area contributed by atoms with Crippen molar-refractivity contribution in [3.8, 4) is 0 Å². The summed E-state index contributed by atoms with van der Waals surface area (Å²) in [4.78, 5) is 2.44. The van der Waals surface area contributed by atoms with Crippen LogP contribution in [0.4, 0.5) is 0 Å². The lowest BCUT2D eigenvalue weighted by Crippen LogP contribution is -2.44. The van der Waals surface area contributed by atoms with E-state index in [0.717, 1.165) is 4.55 Å². The summed E-state index contributed by atoms with van der Waals surface area (Å²) in [6.07, 6.45) is 2.39. The highest BCUT2D eigenvalue weighted by Crippen LogP contribution is 2.09. The predicted molar refractivity (Wildman–Crippen MR) is 50.8 cm³/mol. The molecule has 0 saturated carbocycles. The number of likely N-dealkylation sites (tertiary alicyclic amines) is 1. The zero-order valence-corrected chi connectivity index (χ0v) is 8.17. The van der Waals surface area contributed by atoms with E-state index in [2.05, 4.69) is 32.9 Å².